The molecule has 0 unspecified atom stereocenters. The third-order valence-corrected chi connectivity index (χ3v) is 5.76. The second-order valence-electron chi connectivity index (χ2n) is 7.64. The third-order valence-electron chi connectivity index (χ3n) is 5.51. The molecule has 3 heterocycles. The largest absolute Gasteiger partial charge is 0.323 e. The maximum absolute atomic E-state index is 15.0. The molecule has 6 rings (SSSR count). The van der Waals surface area contributed by atoms with E-state index in [1.807, 2.05) is 36.4 Å². The molecule has 10 heteroatoms. The van der Waals surface area contributed by atoms with Crippen LogP contribution in [0.15, 0.2) is 71.7 Å². The van der Waals surface area contributed by atoms with Gasteiger partial charge in [-0.3, -0.25) is 4.68 Å². The normalized spacial score (nSPS) is 11.6. The molecule has 3 aromatic carbocycles. The second kappa shape index (κ2) is 7.42. The SMILES string of the molecule is O=c1[nH]c2ccc(-n3nnc4c(F)cc(-c5ccnn5Cc5ccc(Cl)cc5)cc43)cc2[nH]1. The molecule has 0 aliphatic carbocycles. The quantitative estimate of drug-likeness (QED) is 0.411. The maximum atomic E-state index is 15.0. The monoisotopic (exact) mass is 459 g/mol. The Balaban J connectivity index is 1.45. The number of H-pyrrole nitrogens is 2. The highest BCUT2D eigenvalue weighted by Crippen LogP contribution is 2.28. The van der Waals surface area contributed by atoms with Gasteiger partial charge < -0.3 is 9.97 Å². The number of fused-ring (bicyclic) bond motifs is 2. The molecule has 0 aliphatic heterocycles. The summed E-state index contributed by atoms with van der Waals surface area (Å²) in [7, 11) is 0. The Labute approximate surface area is 190 Å². The highest BCUT2D eigenvalue weighted by Gasteiger charge is 2.16. The van der Waals surface area contributed by atoms with Crippen molar-refractivity contribution in [3.8, 4) is 16.9 Å². The Morgan fingerprint density at radius 1 is 0.970 bits per heavy atom. The summed E-state index contributed by atoms with van der Waals surface area (Å²) >= 11 is 5.98. The number of aromatic nitrogens is 7. The third kappa shape index (κ3) is 3.39. The lowest BCUT2D eigenvalue weighted by atomic mass is 10.1. The molecule has 33 heavy (non-hydrogen) atoms. The van der Waals surface area contributed by atoms with Crippen LogP contribution in [0.3, 0.4) is 0 Å². The van der Waals surface area contributed by atoms with Gasteiger partial charge in [0, 0.05) is 16.8 Å². The number of aromatic amines is 2. The summed E-state index contributed by atoms with van der Waals surface area (Å²) in [5.41, 5.74) is 4.72. The van der Waals surface area contributed by atoms with Gasteiger partial charge in [0.2, 0.25) is 0 Å². The maximum Gasteiger partial charge on any atom is 0.323 e. The van der Waals surface area contributed by atoms with Crippen LogP contribution in [-0.4, -0.2) is 34.7 Å². The van der Waals surface area contributed by atoms with E-state index in [9.17, 15) is 4.79 Å². The van der Waals surface area contributed by atoms with Crippen LogP contribution < -0.4 is 5.69 Å². The summed E-state index contributed by atoms with van der Waals surface area (Å²) in [4.78, 5) is 17.0. The Kier molecular flexibility index (Phi) is 4.37. The van der Waals surface area contributed by atoms with Gasteiger partial charge >= 0.3 is 5.69 Å². The molecule has 0 spiro atoms. The number of halogens is 2. The fourth-order valence-corrected chi connectivity index (χ4v) is 4.07. The first kappa shape index (κ1) is 19.4. The average Bonchev–Trinajstić information content (AvgIpc) is 3.52. The van der Waals surface area contributed by atoms with Crippen molar-refractivity contribution in [1.82, 2.24) is 34.7 Å². The minimum Gasteiger partial charge on any atom is -0.306 e. The fraction of sp³-hybridized carbons (Fsp3) is 0.0435. The average molecular weight is 460 g/mol. The molecule has 8 nitrogen and oxygen atoms in total. The lowest BCUT2D eigenvalue weighted by molar-refractivity contribution is 0.635. The number of hydrogen-bond acceptors (Lipinski definition) is 4. The van der Waals surface area contributed by atoms with Crippen LogP contribution in [0.1, 0.15) is 5.56 Å². The van der Waals surface area contributed by atoms with Gasteiger partial charge in [0.25, 0.3) is 0 Å². The van der Waals surface area contributed by atoms with Crippen molar-refractivity contribution in [2.24, 2.45) is 0 Å². The number of nitrogens with one attached hydrogen (secondary N) is 2. The van der Waals surface area contributed by atoms with Gasteiger partial charge in [0.15, 0.2) is 5.82 Å². The van der Waals surface area contributed by atoms with Crippen LogP contribution in [0.4, 0.5) is 4.39 Å². The molecule has 2 N–H and O–H groups in total. The van der Waals surface area contributed by atoms with E-state index >= 15 is 4.39 Å². The zero-order valence-electron chi connectivity index (χ0n) is 17.0. The van der Waals surface area contributed by atoms with Gasteiger partial charge in [-0.2, -0.15) is 5.10 Å². The Hall–Kier alpha value is -4.24. The van der Waals surface area contributed by atoms with Crippen molar-refractivity contribution < 1.29 is 4.39 Å². The summed E-state index contributed by atoms with van der Waals surface area (Å²) in [6, 6.07) is 17.9. The number of hydrogen-bond donors (Lipinski definition) is 2. The molecule has 0 bridgehead atoms. The van der Waals surface area contributed by atoms with E-state index in [0.29, 0.717) is 39.4 Å². The van der Waals surface area contributed by atoms with Crippen molar-refractivity contribution in [3.63, 3.8) is 0 Å². The molecule has 6 aromatic rings. The van der Waals surface area contributed by atoms with Crippen LogP contribution in [-0.2, 0) is 6.54 Å². The first-order chi connectivity index (χ1) is 16.0. The molecule has 0 saturated heterocycles. The molecule has 0 fully saturated rings. The van der Waals surface area contributed by atoms with Gasteiger partial charge in [-0.1, -0.05) is 28.9 Å². The van der Waals surface area contributed by atoms with E-state index in [0.717, 1.165) is 11.3 Å². The fourth-order valence-electron chi connectivity index (χ4n) is 3.94. The van der Waals surface area contributed by atoms with E-state index < -0.39 is 5.82 Å². The molecule has 0 aliphatic rings. The minimum atomic E-state index is -0.482. The lowest BCUT2D eigenvalue weighted by Gasteiger charge is -2.09. The van der Waals surface area contributed by atoms with Gasteiger partial charge in [0.1, 0.15) is 5.52 Å². The molecule has 162 valence electrons. The number of rotatable bonds is 4. The first-order valence-corrected chi connectivity index (χ1v) is 10.5. The van der Waals surface area contributed by atoms with E-state index in [1.165, 1.54) is 6.07 Å². The highest BCUT2D eigenvalue weighted by molar-refractivity contribution is 6.30. The van der Waals surface area contributed by atoms with Crippen molar-refractivity contribution in [2.75, 3.05) is 0 Å². The number of nitrogens with zero attached hydrogens (tertiary/aromatic N) is 5. The van der Waals surface area contributed by atoms with Crippen molar-refractivity contribution in [2.45, 2.75) is 6.54 Å². The molecule has 0 atom stereocenters. The summed E-state index contributed by atoms with van der Waals surface area (Å²) in [6.07, 6.45) is 1.68. The molecule has 0 saturated carbocycles. The topological polar surface area (TPSA) is 97.2 Å². The van der Waals surface area contributed by atoms with Crippen LogP contribution >= 0.6 is 11.6 Å². The van der Waals surface area contributed by atoms with Gasteiger partial charge in [0.05, 0.1) is 34.5 Å². The van der Waals surface area contributed by atoms with Crippen LogP contribution in [0.25, 0.3) is 39.0 Å². The minimum absolute atomic E-state index is 0.158. The first-order valence-electron chi connectivity index (χ1n) is 10.1. The molecule has 0 amide bonds. The van der Waals surface area contributed by atoms with Crippen LogP contribution in [0.2, 0.25) is 5.02 Å². The summed E-state index contributed by atoms with van der Waals surface area (Å²) in [5.74, 6) is -0.482. The highest BCUT2D eigenvalue weighted by atomic mass is 35.5. The zero-order valence-corrected chi connectivity index (χ0v) is 17.7. The number of benzene rings is 3. The second-order valence-corrected chi connectivity index (χ2v) is 8.07. The summed E-state index contributed by atoms with van der Waals surface area (Å²) in [6.45, 7) is 0.508. The summed E-state index contributed by atoms with van der Waals surface area (Å²) < 4.78 is 18.4. The van der Waals surface area contributed by atoms with Crippen LogP contribution in [0.5, 0.6) is 0 Å². The van der Waals surface area contributed by atoms with E-state index in [4.69, 9.17) is 11.6 Å². The Morgan fingerprint density at radius 3 is 2.64 bits per heavy atom. The van der Waals surface area contributed by atoms with E-state index in [-0.39, 0.29) is 11.2 Å². The molecule has 0 radical (unpaired) electrons. The van der Waals surface area contributed by atoms with Gasteiger partial charge in [-0.05, 0) is 54.1 Å². The van der Waals surface area contributed by atoms with Gasteiger partial charge in [-0.25, -0.2) is 13.9 Å². The lowest BCUT2D eigenvalue weighted by Crippen LogP contribution is -2.04. The van der Waals surface area contributed by atoms with E-state index in [1.54, 1.807) is 33.8 Å². The predicted octanol–water partition coefficient (Wildman–Crippen LogP) is 4.29. The molecular weight excluding hydrogens is 445 g/mol. The molecular formula is C23H15ClFN7O. The smallest absolute Gasteiger partial charge is 0.306 e. The standard InChI is InChI=1S/C23H15ClFN7O/c24-15-3-1-13(2-4-15)12-31-20(7-8-26-31)14-9-17(25)22-21(10-14)32(30-29-22)16-5-6-18-19(11-16)28-23(33)27-18/h1-11H,12H2,(H2,27,28,33). The Bertz CT molecular complexity index is 1690. The number of imidazole rings is 1. The van der Waals surface area contributed by atoms with Gasteiger partial charge in [-0.15, -0.1) is 5.10 Å². The van der Waals surface area contributed by atoms with Crippen molar-refractivity contribution >= 4 is 33.7 Å². The zero-order chi connectivity index (χ0) is 22.5. The Morgan fingerprint density at radius 2 is 1.79 bits per heavy atom. The predicted molar refractivity (Wildman–Crippen MR) is 123 cm³/mol. The van der Waals surface area contributed by atoms with Crippen LogP contribution in [0, 0.1) is 5.82 Å². The van der Waals surface area contributed by atoms with Crippen molar-refractivity contribution in [1.29, 1.82) is 0 Å². The van der Waals surface area contributed by atoms with E-state index in [2.05, 4.69) is 25.4 Å². The van der Waals surface area contributed by atoms with Crippen molar-refractivity contribution in [3.05, 3.63) is 93.7 Å². The summed E-state index contributed by atoms with van der Waals surface area (Å²) in [5, 5.41) is 13.2. The molecule has 3 aromatic heterocycles.